The predicted octanol–water partition coefficient (Wildman–Crippen LogP) is 4.63. The van der Waals surface area contributed by atoms with Crippen LogP contribution in [0.1, 0.15) is 17.2 Å². The van der Waals surface area contributed by atoms with Crippen molar-refractivity contribution in [3.8, 4) is 0 Å². The van der Waals surface area contributed by atoms with Gasteiger partial charge in [0.05, 0.1) is 6.04 Å². The summed E-state index contributed by atoms with van der Waals surface area (Å²) in [6.07, 6.45) is 0. The largest absolute Gasteiger partial charge is 0.320 e. The van der Waals surface area contributed by atoms with Crippen LogP contribution in [-0.2, 0) is 0 Å². The first-order valence-electron chi connectivity index (χ1n) is 6.34. The molecule has 0 heterocycles. The molecule has 1 unspecified atom stereocenters. The first-order valence-corrected chi connectivity index (χ1v) is 7.42. The SMILES string of the molecule is NC(c1ccc2ccccc2c1)c1ccc(F)cc1I. The summed E-state index contributed by atoms with van der Waals surface area (Å²) in [5.41, 5.74) is 8.31. The Morgan fingerprint density at radius 2 is 1.65 bits per heavy atom. The van der Waals surface area contributed by atoms with Gasteiger partial charge in [0.25, 0.3) is 0 Å². The molecule has 0 spiro atoms. The Morgan fingerprint density at radius 1 is 0.900 bits per heavy atom. The molecule has 100 valence electrons. The van der Waals surface area contributed by atoms with Crippen LogP contribution in [-0.4, -0.2) is 0 Å². The van der Waals surface area contributed by atoms with Crippen molar-refractivity contribution in [3.05, 3.63) is 81.2 Å². The zero-order valence-corrected chi connectivity index (χ0v) is 12.8. The molecule has 3 aromatic rings. The van der Waals surface area contributed by atoms with Gasteiger partial charge in [-0.15, -0.1) is 0 Å². The fraction of sp³-hybridized carbons (Fsp3) is 0.0588. The smallest absolute Gasteiger partial charge is 0.124 e. The highest BCUT2D eigenvalue weighted by molar-refractivity contribution is 14.1. The average molecular weight is 377 g/mol. The molecule has 0 saturated heterocycles. The number of halogens is 2. The highest BCUT2D eigenvalue weighted by Gasteiger charge is 2.13. The second kappa shape index (κ2) is 5.50. The molecule has 3 aromatic carbocycles. The van der Waals surface area contributed by atoms with E-state index >= 15 is 0 Å². The molecule has 0 saturated carbocycles. The Bertz CT molecular complexity index is 770. The summed E-state index contributed by atoms with van der Waals surface area (Å²) >= 11 is 2.13. The van der Waals surface area contributed by atoms with Crippen LogP contribution >= 0.6 is 22.6 Å². The maximum Gasteiger partial charge on any atom is 0.124 e. The standard InChI is InChI=1S/C17H13FIN/c18-14-7-8-15(16(19)10-14)17(20)13-6-5-11-3-1-2-4-12(11)9-13/h1-10,17H,20H2. The van der Waals surface area contributed by atoms with E-state index in [-0.39, 0.29) is 11.9 Å². The van der Waals surface area contributed by atoms with Gasteiger partial charge in [0.2, 0.25) is 0 Å². The molecule has 0 fully saturated rings. The molecule has 3 rings (SSSR count). The van der Waals surface area contributed by atoms with Crippen molar-refractivity contribution in [2.75, 3.05) is 0 Å². The van der Waals surface area contributed by atoms with Crippen molar-refractivity contribution in [2.24, 2.45) is 5.73 Å². The lowest BCUT2D eigenvalue weighted by Gasteiger charge is -2.15. The van der Waals surface area contributed by atoms with E-state index in [0.717, 1.165) is 20.1 Å². The van der Waals surface area contributed by atoms with Gasteiger partial charge >= 0.3 is 0 Å². The minimum atomic E-state index is -0.243. The maximum atomic E-state index is 13.2. The number of nitrogens with two attached hydrogens (primary N) is 1. The van der Waals surface area contributed by atoms with Gasteiger partial charge in [-0.2, -0.15) is 0 Å². The Labute approximate surface area is 130 Å². The zero-order valence-electron chi connectivity index (χ0n) is 10.7. The Balaban J connectivity index is 2.05. The summed E-state index contributed by atoms with van der Waals surface area (Å²) in [6, 6.07) is 18.9. The monoisotopic (exact) mass is 377 g/mol. The summed E-state index contributed by atoms with van der Waals surface area (Å²) in [5, 5.41) is 2.36. The van der Waals surface area contributed by atoms with Gasteiger partial charge in [0.1, 0.15) is 5.82 Å². The molecular formula is C17H13FIN. The van der Waals surface area contributed by atoms with Crippen LogP contribution in [0.15, 0.2) is 60.7 Å². The quantitative estimate of drug-likeness (QED) is 0.648. The van der Waals surface area contributed by atoms with Crippen molar-refractivity contribution < 1.29 is 4.39 Å². The van der Waals surface area contributed by atoms with E-state index in [2.05, 4.69) is 46.9 Å². The van der Waals surface area contributed by atoms with Crippen LogP contribution < -0.4 is 5.73 Å². The van der Waals surface area contributed by atoms with Gasteiger partial charge in [-0.1, -0.05) is 42.5 Å². The molecular weight excluding hydrogens is 364 g/mol. The molecule has 0 aliphatic heterocycles. The van der Waals surface area contributed by atoms with E-state index in [1.165, 1.54) is 17.5 Å². The van der Waals surface area contributed by atoms with Gasteiger partial charge in [0.15, 0.2) is 0 Å². The summed E-state index contributed by atoms with van der Waals surface area (Å²) in [4.78, 5) is 0. The molecule has 0 aliphatic carbocycles. The maximum absolute atomic E-state index is 13.2. The number of benzene rings is 3. The van der Waals surface area contributed by atoms with Crippen LogP contribution in [0.2, 0.25) is 0 Å². The lowest BCUT2D eigenvalue weighted by atomic mass is 9.97. The van der Waals surface area contributed by atoms with Crippen molar-refractivity contribution in [1.29, 1.82) is 0 Å². The minimum absolute atomic E-state index is 0.233. The third-order valence-corrected chi connectivity index (χ3v) is 4.36. The molecule has 2 N–H and O–H groups in total. The lowest BCUT2D eigenvalue weighted by molar-refractivity contribution is 0.625. The average Bonchev–Trinajstić information content (AvgIpc) is 2.46. The van der Waals surface area contributed by atoms with Crippen LogP contribution in [0.3, 0.4) is 0 Å². The van der Waals surface area contributed by atoms with E-state index in [1.807, 2.05) is 18.2 Å². The Hall–Kier alpha value is -1.46. The third-order valence-electron chi connectivity index (χ3n) is 3.43. The molecule has 20 heavy (non-hydrogen) atoms. The van der Waals surface area contributed by atoms with E-state index in [9.17, 15) is 4.39 Å². The third kappa shape index (κ3) is 2.55. The van der Waals surface area contributed by atoms with Gasteiger partial charge in [-0.05, 0) is 62.7 Å². The number of fused-ring (bicyclic) bond motifs is 1. The normalized spacial score (nSPS) is 12.6. The summed E-state index contributed by atoms with van der Waals surface area (Å²) in [6.45, 7) is 0. The fourth-order valence-corrected chi connectivity index (χ4v) is 3.15. The van der Waals surface area contributed by atoms with E-state index in [0.29, 0.717) is 0 Å². The highest BCUT2D eigenvalue weighted by Crippen LogP contribution is 2.27. The molecule has 0 radical (unpaired) electrons. The van der Waals surface area contributed by atoms with E-state index in [1.54, 1.807) is 6.07 Å². The second-order valence-electron chi connectivity index (χ2n) is 4.75. The van der Waals surface area contributed by atoms with Crippen molar-refractivity contribution >= 4 is 33.4 Å². The van der Waals surface area contributed by atoms with Crippen molar-refractivity contribution in [1.82, 2.24) is 0 Å². The van der Waals surface area contributed by atoms with Gasteiger partial charge in [-0.3, -0.25) is 0 Å². The topological polar surface area (TPSA) is 26.0 Å². The first kappa shape index (κ1) is 13.5. The fourth-order valence-electron chi connectivity index (χ4n) is 2.33. The van der Waals surface area contributed by atoms with Crippen molar-refractivity contribution in [3.63, 3.8) is 0 Å². The van der Waals surface area contributed by atoms with Crippen molar-refractivity contribution in [2.45, 2.75) is 6.04 Å². The minimum Gasteiger partial charge on any atom is -0.320 e. The van der Waals surface area contributed by atoms with E-state index in [4.69, 9.17) is 5.73 Å². The van der Waals surface area contributed by atoms with Crippen LogP contribution in [0.25, 0.3) is 10.8 Å². The molecule has 0 aromatic heterocycles. The van der Waals surface area contributed by atoms with Crippen LogP contribution in [0.5, 0.6) is 0 Å². The highest BCUT2D eigenvalue weighted by atomic mass is 127. The van der Waals surface area contributed by atoms with E-state index < -0.39 is 0 Å². The molecule has 0 amide bonds. The van der Waals surface area contributed by atoms with Crippen LogP contribution in [0, 0.1) is 9.39 Å². The van der Waals surface area contributed by atoms with Gasteiger partial charge < -0.3 is 5.73 Å². The molecule has 1 nitrogen and oxygen atoms in total. The Kier molecular flexibility index (Phi) is 3.72. The summed E-state index contributed by atoms with van der Waals surface area (Å²) < 4.78 is 14.0. The number of hydrogen-bond acceptors (Lipinski definition) is 1. The summed E-state index contributed by atoms with van der Waals surface area (Å²) in [5.74, 6) is -0.233. The Morgan fingerprint density at radius 3 is 2.40 bits per heavy atom. The number of hydrogen-bond donors (Lipinski definition) is 1. The van der Waals surface area contributed by atoms with Gasteiger partial charge in [0, 0.05) is 3.57 Å². The lowest BCUT2D eigenvalue weighted by Crippen LogP contribution is -2.13. The summed E-state index contributed by atoms with van der Waals surface area (Å²) in [7, 11) is 0. The second-order valence-corrected chi connectivity index (χ2v) is 5.91. The molecule has 3 heteroatoms. The number of rotatable bonds is 2. The zero-order chi connectivity index (χ0) is 14.1. The molecule has 0 bridgehead atoms. The first-order chi connectivity index (χ1) is 9.65. The molecule has 0 aliphatic rings. The van der Waals surface area contributed by atoms with Crippen LogP contribution in [0.4, 0.5) is 4.39 Å². The molecule has 1 atom stereocenters. The predicted molar refractivity (Wildman–Crippen MR) is 89.1 cm³/mol. The van der Waals surface area contributed by atoms with Gasteiger partial charge in [-0.25, -0.2) is 4.39 Å².